The van der Waals surface area contributed by atoms with E-state index in [1.165, 1.54) is 12.8 Å². The number of benzene rings is 1. The van der Waals surface area contributed by atoms with Crippen LogP contribution in [0.1, 0.15) is 31.2 Å². The number of rotatable bonds is 4. The van der Waals surface area contributed by atoms with Crippen LogP contribution in [-0.2, 0) is 4.74 Å². The van der Waals surface area contributed by atoms with Crippen molar-refractivity contribution < 1.29 is 4.74 Å². The van der Waals surface area contributed by atoms with Crippen LogP contribution in [0.25, 0.3) is 0 Å². The first-order valence-electron chi connectivity index (χ1n) is 6.82. The molecule has 0 radical (unpaired) electrons. The van der Waals surface area contributed by atoms with Crippen molar-refractivity contribution in [2.24, 2.45) is 5.73 Å². The Bertz CT molecular complexity index is 447. The summed E-state index contributed by atoms with van der Waals surface area (Å²) in [6.45, 7) is 0. The maximum Gasteiger partial charge on any atom is 0.124 e. The molecule has 2 atom stereocenters. The van der Waals surface area contributed by atoms with E-state index in [1.54, 1.807) is 7.11 Å². The molecule has 0 bridgehead atoms. The summed E-state index contributed by atoms with van der Waals surface area (Å²) >= 11 is 0. The summed E-state index contributed by atoms with van der Waals surface area (Å²) < 4.78 is 5.49. The fraction of sp³-hybridized carbons (Fsp3) is 0.533. The average Bonchev–Trinajstić information content (AvgIpc) is 2.46. The van der Waals surface area contributed by atoms with Crippen LogP contribution in [0.2, 0.25) is 0 Å². The highest BCUT2D eigenvalue weighted by Crippen LogP contribution is 2.29. The summed E-state index contributed by atoms with van der Waals surface area (Å²) in [5.74, 6) is 0.126. The van der Waals surface area contributed by atoms with Crippen LogP contribution in [0.4, 0.5) is 5.69 Å². The number of hydrogen-bond donors (Lipinski definition) is 2. The molecule has 4 nitrogen and oxygen atoms in total. The summed E-state index contributed by atoms with van der Waals surface area (Å²) in [5, 5.41) is 7.69. The van der Waals surface area contributed by atoms with Crippen molar-refractivity contribution >= 4 is 11.5 Å². The lowest BCUT2D eigenvalue weighted by molar-refractivity contribution is 0.0637. The predicted molar refractivity (Wildman–Crippen MR) is 78.9 cm³/mol. The van der Waals surface area contributed by atoms with Gasteiger partial charge in [0.05, 0.1) is 6.10 Å². The Balaban J connectivity index is 2.19. The minimum atomic E-state index is 0.126. The van der Waals surface area contributed by atoms with Crippen LogP contribution in [0.15, 0.2) is 24.3 Å². The number of methoxy groups -OCH3 is 1. The molecule has 19 heavy (non-hydrogen) atoms. The summed E-state index contributed by atoms with van der Waals surface area (Å²) in [5.41, 5.74) is 7.52. The van der Waals surface area contributed by atoms with Crippen LogP contribution < -0.4 is 10.6 Å². The molecule has 2 unspecified atom stereocenters. The molecule has 0 heterocycles. The second-order valence-corrected chi connectivity index (χ2v) is 5.22. The average molecular weight is 261 g/mol. The Kier molecular flexibility index (Phi) is 4.43. The topological polar surface area (TPSA) is 62.3 Å². The maximum atomic E-state index is 7.69. The molecule has 1 aromatic rings. The molecule has 1 aromatic carbocycles. The number of nitrogens with two attached hydrogens (primary N) is 1. The number of ether oxygens (including phenoxy) is 1. The second kappa shape index (κ2) is 6.06. The lowest BCUT2D eigenvalue weighted by Gasteiger charge is -2.37. The molecule has 1 aliphatic carbocycles. The van der Waals surface area contributed by atoms with Gasteiger partial charge in [-0.2, -0.15) is 0 Å². The summed E-state index contributed by atoms with van der Waals surface area (Å²) in [6.07, 6.45) is 4.90. The maximum absolute atomic E-state index is 7.69. The van der Waals surface area contributed by atoms with Gasteiger partial charge in [-0.05, 0) is 37.8 Å². The van der Waals surface area contributed by atoms with E-state index in [9.17, 15) is 0 Å². The van der Waals surface area contributed by atoms with Crippen molar-refractivity contribution in [3.8, 4) is 0 Å². The molecule has 0 saturated heterocycles. The largest absolute Gasteiger partial charge is 0.384 e. The van der Waals surface area contributed by atoms with Crippen molar-refractivity contribution in [3.63, 3.8) is 0 Å². The molecule has 1 saturated carbocycles. The predicted octanol–water partition coefficient (Wildman–Crippen LogP) is 2.36. The van der Waals surface area contributed by atoms with Gasteiger partial charge >= 0.3 is 0 Å². The van der Waals surface area contributed by atoms with Crippen LogP contribution in [0.3, 0.4) is 0 Å². The summed E-state index contributed by atoms with van der Waals surface area (Å²) in [6, 6.07) is 8.32. The Labute approximate surface area is 115 Å². The summed E-state index contributed by atoms with van der Waals surface area (Å²) in [7, 11) is 3.88. The van der Waals surface area contributed by atoms with Gasteiger partial charge in [0, 0.05) is 31.5 Å². The van der Waals surface area contributed by atoms with Crippen molar-refractivity contribution in [3.05, 3.63) is 29.8 Å². The van der Waals surface area contributed by atoms with Crippen LogP contribution in [0, 0.1) is 5.41 Å². The first-order valence-corrected chi connectivity index (χ1v) is 6.82. The van der Waals surface area contributed by atoms with Gasteiger partial charge < -0.3 is 15.4 Å². The van der Waals surface area contributed by atoms with Gasteiger partial charge in [0.25, 0.3) is 0 Å². The van der Waals surface area contributed by atoms with Crippen molar-refractivity contribution in [1.29, 1.82) is 5.41 Å². The summed E-state index contributed by atoms with van der Waals surface area (Å²) in [4.78, 5) is 2.25. The third kappa shape index (κ3) is 3.07. The molecule has 104 valence electrons. The molecule has 1 fully saturated rings. The van der Waals surface area contributed by atoms with Crippen LogP contribution >= 0.6 is 0 Å². The number of nitrogens with one attached hydrogen (secondary N) is 1. The normalized spacial score (nSPS) is 23.1. The minimum absolute atomic E-state index is 0.126. The Hall–Kier alpha value is -1.55. The monoisotopic (exact) mass is 261 g/mol. The first kappa shape index (κ1) is 13.9. The molecular formula is C15H23N3O. The number of nitrogen functional groups attached to an aromatic ring is 1. The van der Waals surface area contributed by atoms with E-state index in [0.29, 0.717) is 12.1 Å². The van der Waals surface area contributed by atoms with Crippen molar-refractivity contribution in [2.45, 2.75) is 37.8 Å². The minimum Gasteiger partial charge on any atom is -0.384 e. The molecule has 0 aliphatic heterocycles. The molecular weight excluding hydrogens is 238 g/mol. The standard InChI is InChI=1S/C15H23N3O/c1-18(11-6-5-7-12(10-11)19-2)14-9-4-3-8-13(14)15(16)17/h3-4,8-9,11-12H,5-7,10H2,1-2H3,(H3,16,17). The molecule has 2 rings (SSSR count). The van der Waals surface area contributed by atoms with E-state index < -0.39 is 0 Å². The van der Waals surface area contributed by atoms with Gasteiger partial charge in [0.2, 0.25) is 0 Å². The molecule has 0 aromatic heterocycles. The highest BCUT2D eigenvalue weighted by molar-refractivity contribution is 6.00. The second-order valence-electron chi connectivity index (χ2n) is 5.22. The number of amidine groups is 1. The number of para-hydroxylation sites is 1. The van der Waals surface area contributed by atoms with E-state index in [-0.39, 0.29) is 5.84 Å². The zero-order valence-corrected chi connectivity index (χ0v) is 11.7. The van der Waals surface area contributed by atoms with Gasteiger partial charge in [0.15, 0.2) is 0 Å². The van der Waals surface area contributed by atoms with Crippen LogP contribution in [-0.4, -0.2) is 32.1 Å². The SMILES string of the molecule is COC1CCCC(N(C)c2ccccc2C(=N)N)C1. The quantitative estimate of drug-likeness (QED) is 0.646. The van der Waals surface area contributed by atoms with Gasteiger partial charge in [-0.1, -0.05) is 12.1 Å². The van der Waals surface area contributed by atoms with E-state index in [2.05, 4.69) is 11.9 Å². The molecule has 3 N–H and O–H groups in total. The first-order chi connectivity index (χ1) is 9.13. The van der Waals surface area contributed by atoms with Crippen molar-refractivity contribution in [2.75, 3.05) is 19.1 Å². The Morgan fingerprint density at radius 1 is 1.37 bits per heavy atom. The highest BCUT2D eigenvalue weighted by atomic mass is 16.5. The highest BCUT2D eigenvalue weighted by Gasteiger charge is 2.26. The number of nitrogens with zero attached hydrogens (tertiary/aromatic N) is 1. The lowest BCUT2D eigenvalue weighted by atomic mass is 9.91. The number of hydrogen-bond acceptors (Lipinski definition) is 3. The van der Waals surface area contributed by atoms with Gasteiger partial charge in [0.1, 0.15) is 5.84 Å². The Morgan fingerprint density at radius 3 is 2.79 bits per heavy atom. The van der Waals surface area contributed by atoms with Gasteiger partial charge in [-0.3, -0.25) is 5.41 Å². The fourth-order valence-corrected chi connectivity index (χ4v) is 2.89. The smallest absolute Gasteiger partial charge is 0.124 e. The molecule has 0 amide bonds. The van der Waals surface area contributed by atoms with E-state index >= 15 is 0 Å². The molecule has 0 spiro atoms. The Morgan fingerprint density at radius 2 is 2.11 bits per heavy atom. The van der Waals surface area contributed by atoms with E-state index in [1.807, 2.05) is 24.3 Å². The fourth-order valence-electron chi connectivity index (χ4n) is 2.89. The lowest BCUT2D eigenvalue weighted by Crippen LogP contribution is -2.39. The van der Waals surface area contributed by atoms with Gasteiger partial charge in [-0.25, -0.2) is 0 Å². The van der Waals surface area contributed by atoms with E-state index in [0.717, 1.165) is 24.1 Å². The van der Waals surface area contributed by atoms with Gasteiger partial charge in [-0.15, -0.1) is 0 Å². The molecule has 4 heteroatoms. The van der Waals surface area contributed by atoms with Crippen molar-refractivity contribution in [1.82, 2.24) is 0 Å². The zero-order chi connectivity index (χ0) is 13.8. The molecule has 1 aliphatic rings. The van der Waals surface area contributed by atoms with E-state index in [4.69, 9.17) is 15.9 Å². The zero-order valence-electron chi connectivity index (χ0n) is 11.7. The third-order valence-electron chi connectivity index (χ3n) is 4.05. The number of anilines is 1. The third-order valence-corrected chi connectivity index (χ3v) is 4.05. The van der Waals surface area contributed by atoms with Crippen LogP contribution in [0.5, 0.6) is 0 Å².